The molecule has 3 aliphatic heterocycles. The van der Waals surface area contributed by atoms with Crippen molar-refractivity contribution in [1.29, 1.82) is 0 Å². The van der Waals surface area contributed by atoms with Gasteiger partial charge in [0.1, 0.15) is 0 Å². The van der Waals surface area contributed by atoms with Crippen LogP contribution in [0.4, 0.5) is 5.69 Å². The summed E-state index contributed by atoms with van der Waals surface area (Å²) in [7, 11) is 0. The zero-order chi connectivity index (χ0) is 13.5. The summed E-state index contributed by atoms with van der Waals surface area (Å²) in [6, 6.07) is 9.27. The van der Waals surface area contributed by atoms with Crippen LogP contribution in [-0.2, 0) is 0 Å². The van der Waals surface area contributed by atoms with Crippen LogP contribution in [0, 0.1) is 0 Å². The Kier molecular flexibility index (Phi) is 2.74. The van der Waals surface area contributed by atoms with Crippen LogP contribution in [0.15, 0.2) is 42.5 Å². The fourth-order valence-corrected chi connectivity index (χ4v) is 3.03. The minimum atomic E-state index is -0.166. The molecule has 0 amide bonds. The second kappa shape index (κ2) is 4.60. The molecule has 2 fully saturated rings. The van der Waals surface area contributed by atoms with Gasteiger partial charge < -0.3 is 10.0 Å². The van der Waals surface area contributed by atoms with Gasteiger partial charge in [0.15, 0.2) is 0 Å². The molecule has 2 unspecified atom stereocenters. The molecule has 3 heteroatoms. The largest absolute Gasteiger partial charge is 0.391 e. The first-order valence-corrected chi connectivity index (χ1v) is 7.32. The molecule has 2 atom stereocenters. The third-order valence-corrected chi connectivity index (χ3v) is 4.34. The standard InChI is InChI=1S/C17H19N2O/c20-17-9-10-18(12-17)14-4-1-13(2-5-14)3-6-15-7-8-16-11-19(15)16/h1-8,16-17,20H,9-12H2/q+1. The van der Waals surface area contributed by atoms with E-state index in [1.54, 1.807) is 0 Å². The van der Waals surface area contributed by atoms with Crippen molar-refractivity contribution in [2.45, 2.75) is 18.6 Å². The average Bonchev–Trinajstić information content (AvgIpc) is 2.94. The lowest BCUT2D eigenvalue weighted by molar-refractivity contribution is -0.346. The Morgan fingerprint density at radius 2 is 2.05 bits per heavy atom. The number of allylic oxidation sites excluding steroid dienone is 2. The summed E-state index contributed by atoms with van der Waals surface area (Å²) < 4.78 is 2.39. The molecule has 0 radical (unpaired) electrons. The van der Waals surface area contributed by atoms with Crippen molar-refractivity contribution in [3.63, 3.8) is 0 Å². The van der Waals surface area contributed by atoms with Crippen molar-refractivity contribution >= 4 is 17.5 Å². The molecule has 4 rings (SSSR count). The van der Waals surface area contributed by atoms with Gasteiger partial charge in [0, 0.05) is 30.9 Å². The van der Waals surface area contributed by atoms with Crippen molar-refractivity contribution in [3.8, 4) is 0 Å². The minimum Gasteiger partial charge on any atom is -0.391 e. The highest BCUT2D eigenvalue weighted by atomic mass is 16.3. The van der Waals surface area contributed by atoms with E-state index >= 15 is 0 Å². The van der Waals surface area contributed by atoms with Gasteiger partial charge in [-0.25, -0.2) is 4.58 Å². The van der Waals surface area contributed by atoms with Gasteiger partial charge in [-0.2, -0.15) is 0 Å². The highest BCUT2D eigenvalue weighted by Crippen LogP contribution is 2.22. The highest BCUT2D eigenvalue weighted by molar-refractivity contribution is 6.04. The molecule has 0 spiro atoms. The van der Waals surface area contributed by atoms with Crippen LogP contribution in [-0.4, -0.2) is 47.2 Å². The van der Waals surface area contributed by atoms with Gasteiger partial charge in [0.2, 0.25) is 18.3 Å². The fourth-order valence-electron chi connectivity index (χ4n) is 3.03. The third kappa shape index (κ3) is 2.18. The van der Waals surface area contributed by atoms with Gasteiger partial charge in [0.25, 0.3) is 0 Å². The first kappa shape index (κ1) is 11.9. The molecule has 102 valence electrons. The van der Waals surface area contributed by atoms with Crippen molar-refractivity contribution in [3.05, 3.63) is 48.1 Å². The van der Waals surface area contributed by atoms with Gasteiger partial charge in [-0.05, 0) is 36.3 Å². The third-order valence-electron chi connectivity index (χ3n) is 4.34. The number of hydrogen-bond donors (Lipinski definition) is 1. The zero-order valence-electron chi connectivity index (χ0n) is 11.4. The topological polar surface area (TPSA) is 26.5 Å². The van der Waals surface area contributed by atoms with E-state index in [1.807, 2.05) is 0 Å². The predicted octanol–water partition coefficient (Wildman–Crippen LogP) is 1.68. The smallest absolute Gasteiger partial charge is 0.230 e. The molecule has 1 aromatic rings. The molecule has 0 aromatic heterocycles. The average molecular weight is 267 g/mol. The highest BCUT2D eigenvalue weighted by Gasteiger charge is 2.43. The van der Waals surface area contributed by atoms with Gasteiger partial charge in [0.05, 0.1) is 6.10 Å². The van der Waals surface area contributed by atoms with Gasteiger partial charge in [-0.3, -0.25) is 0 Å². The lowest BCUT2D eigenvalue weighted by Crippen LogP contribution is -2.20. The molecule has 3 nitrogen and oxygen atoms in total. The Morgan fingerprint density at radius 1 is 1.20 bits per heavy atom. The van der Waals surface area contributed by atoms with E-state index in [4.69, 9.17) is 0 Å². The molecule has 0 bridgehead atoms. The number of aliphatic hydroxyl groups excluding tert-OH is 1. The molecule has 0 aliphatic carbocycles. The lowest BCUT2D eigenvalue weighted by atomic mass is 10.1. The minimum absolute atomic E-state index is 0.166. The van der Waals surface area contributed by atoms with E-state index in [9.17, 15) is 5.11 Å². The molecule has 3 aliphatic rings. The van der Waals surface area contributed by atoms with Crippen LogP contribution in [0.1, 0.15) is 12.0 Å². The predicted molar refractivity (Wildman–Crippen MR) is 81.4 cm³/mol. The number of anilines is 1. The van der Waals surface area contributed by atoms with E-state index in [1.165, 1.54) is 23.5 Å². The Hall–Kier alpha value is -1.87. The van der Waals surface area contributed by atoms with E-state index in [0.29, 0.717) is 6.04 Å². The first-order chi connectivity index (χ1) is 9.79. The normalized spacial score (nSPS) is 27.8. The fraction of sp³-hybridized carbons (Fsp3) is 0.353. The summed E-state index contributed by atoms with van der Waals surface area (Å²) in [4.78, 5) is 2.24. The summed E-state index contributed by atoms with van der Waals surface area (Å²) in [5.74, 6) is 0. The van der Waals surface area contributed by atoms with Crippen LogP contribution in [0.3, 0.4) is 0 Å². The molecule has 2 saturated heterocycles. The Labute approximate surface area is 119 Å². The molecule has 20 heavy (non-hydrogen) atoms. The van der Waals surface area contributed by atoms with E-state index < -0.39 is 0 Å². The molecule has 1 N–H and O–H groups in total. The number of aliphatic hydroxyl groups is 1. The number of β-amino-alcohol motifs (C(OH)–C–C–N with tert-alkyl or cyclic N) is 1. The number of hydrogen-bond acceptors (Lipinski definition) is 2. The SMILES string of the molecule is OC1CCN(c2ccc(/C=C/C3=[N+]4CC4C=C3)cc2)C1. The Balaban J connectivity index is 1.46. The summed E-state index contributed by atoms with van der Waals surface area (Å²) in [6.45, 7) is 2.90. The quantitative estimate of drug-likeness (QED) is 0.666. The van der Waals surface area contributed by atoms with E-state index in [0.717, 1.165) is 19.5 Å². The van der Waals surface area contributed by atoms with Crippen molar-refractivity contribution in [2.75, 3.05) is 24.5 Å². The van der Waals surface area contributed by atoms with Gasteiger partial charge in [-0.15, -0.1) is 0 Å². The van der Waals surface area contributed by atoms with Crippen molar-refractivity contribution in [2.24, 2.45) is 0 Å². The second-order valence-electron chi connectivity index (χ2n) is 5.82. The van der Waals surface area contributed by atoms with E-state index in [-0.39, 0.29) is 6.10 Å². The van der Waals surface area contributed by atoms with E-state index in [2.05, 4.69) is 58.0 Å². The maximum Gasteiger partial charge on any atom is 0.230 e. The van der Waals surface area contributed by atoms with Crippen LogP contribution in [0.25, 0.3) is 6.08 Å². The lowest BCUT2D eigenvalue weighted by Gasteiger charge is -2.17. The van der Waals surface area contributed by atoms with Crippen LogP contribution >= 0.6 is 0 Å². The molecule has 1 aromatic carbocycles. The van der Waals surface area contributed by atoms with Crippen LogP contribution in [0.5, 0.6) is 0 Å². The number of fused-ring (bicyclic) bond motifs is 1. The number of rotatable bonds is 3. The molecular weight excluding hydrogens is 248 g/mol. The molecule has 0 saturated carbocycles. The molecular formula is C17H19N2O+. The van der Waals surface area contributed by atoms with Crippen LogP contribution < -0.4 is 4.90 Å². The summed E-state index contributed by atoms with van der Waals surface area (Å²) >= 11 is 0. The summed E-state index contributed by atoms with van der Waals surface area (Å²) in [6.07, 6.45) is 9.54. The Bertz CT molecular complexity index is 612. The van der Waals surface area contributed by atoms with Crippen LogP contribution in [0.2, 0.25) is 0 Å². The summed E-state index contributed by atoms with van der Waals surface area (Å²) in [5.41, 5.74) is 3.75. The second-order valence-corrected chi connectivity index (χ2v) is 5.82. The number of nitrogens with zero attached hydrogens (tertiary/aromatic N) is 2. The number of benzene rings is 1. The maximum atomic E-state index is 9.58. The van der Waals surface area contributed by atoms with Crippen molar-refractivity contribution < 1.29 is 9.68 Å². The van der Waals surface area contributed by atoms with Gasteiger partial charge >= 0.3 is 0 Å². The summed E-state index contributed by atoms with van der Waals surface area (Å²) in [5, 5.41) is 9.58. The zero-order valence-corrected chi connectivity index (χ0v) is 11.4. The monoisotopic (exact) mass is 267 g/mol. The first-order valence-electron chi connectivity index (χ1n) is 7.32. The Morgan fingerprint density at radius 3 is 2.65 bits per heavy atom. The van der Waals surface area contributed by atoms with Gasteiger partial charge in [-0.1, -0.05) is 12.1 Å². The maximum absolute atomic E-state index is 9.58. The molecule has 3 heterocycles. The van der Waals surface area contributed by atoms with Crippen molar-refractivity contribution in [1.82, 2.24) is 0 Å².